The summed E-state index contributed by atoms with van der Waals surface area (Å²) >= 11 is 6.25. The number of aromatic nitrogens is 2. The van der Waals surface area contributed by atoms with E-state index in [0.29, 0.717) is 10.9 Å². The predicted octanol–water partition coefficient (Wildman–Crippen LogP) is 4.94. The van der Waals surface area contributed by atoms with E-state index < -0.39 is 28.2 Å². The number of ether oxygens (including phenoxy) is 1. The number of halogens is 4. The van der Waals surface area contributed by atoms with Gasteiger partial charge >= 0.3 is 6.18 Å². The Bertz CT molecular complexity index is 1550. The normalized spacial score (nSPS) is 12.1. The first kappa shape index (κ1) is 24.6. The highest BCUT2D eigenvalue weighted by molar-refractivity contribution is 7.92. The molecule has 184 valence electrons. The Morgan fingerprint density at radius 3 is 2.57 bits per heavy atom. The van der Waals surface area contributed by atoms with Crippen molar-refractivity contribution in [2.24, 2.45) is 0 Å². The van der Waals surface area contributed by atoms with Crippen molar-refractivity contribution >= 4 is 38.3 Å². The van der Waals surface area contributed by atoms with Crippen molar-refractivity contribution in [2.45, 2.75) is 23.9 Å². The predicted molar refractivity (Wildman–Crippen MR) is 123 cm³/mol. The number of methoxy groups -OCH3 is 1. The minimum Gasteiger partial charge on any atom is -0.495 e. The molecule has 2 aromatic carbocycles. The highest BCUT2D eigenvalue weighted by Crippen LogP contribution is 2.34. The summed E-state index contributed by atoms with van der Waals surface area (Å²) < 4.78 is 76.9. The fourth-order valence-corrected chi connectivity index (χ4v) is 4.77. The van der Waals surface area contributed by atoms with E-state index in [1.54, 1.807) is 0 Å². The fourth-order valence-electron chi connectivity index (χ4n) is 3.49. The second kappa shape index (κ2) is 9.27. The minimum absolute atomic E-state index is 0.0000538. The maximum atomic E-state index is 12.8. The van der Waals surface area contributed by atoms with Crippen LogP contribution in [-0.2, 0) is 16.4 Å². The highest BCUT2D eigenvalue weighted by atomic mass is 35.5. The number of aryl methyl sites for hydroxylation is 1. The van der Waals surface area contributed by atoms with Crippen molar-refractivity contribution in [3.8, 4) is 11.4 Å². The first-order valence-corrected chi connectivity index (χ1v) is 11.9. The molecule has 2 heterocycles. The molecule has 35 heavy (non-hydrogen) atoms. The Hall–Kier alpha value is -3.51. The molecule has 0 fully saturated rings. The SMILES string of the molecule is COc1cc(CCC(F)(F)F)c(Cl)cc1-n1c(=O)ccc2cc(S(=O)(=O)Nc3ccon3)ccc21. The van der Waals surface area contributed by atoms with Gasteiger partial charge in [-0.1, -0.05) is 16.8 Å². The summed E-state index contributed by atoms with van der Waals surface area (Å²) in [6.45, 7) is 0. The van der Waals surface area contributed by atoms with Crippen LogP contribution in [-0.4, -0.2) is 31.4 Å². The third-order valence-corrected chi connectivity index (χ3v) is 6.82. The van der Waals surface area contributed by atoms with Crippen LogP contribution in [0.1, 0.15) is 12.0 Å². The van der Waals surface area contributed by atoms with Gasteiger partial charge in [0.05, 0.1) is 23.2 Å². The molecule has 0 aliphatic rings. The summed E-state index contributed by atoms with van der Waals surface area (Å²) in [6, 6.07) is 10.8. The van der Waals surface area contributed by atoms with Crippen molar-refractivity contribution < 1.29 is 30.8 Å². The number of nitrogens with zero attached hydrogens (tertiary/aromatic N) is 2. The number of hydrogen-bond acceptors (Lipinski definition) is 6. The molecular weight excluding hydrogens is 511 g/mol. The number of rotatable bonds is 7. The molecule has 13 heteroatoms. The third-order valence-electron chi connectivity index (χ3n) is 5.12. The lowest BCUT2D eigenvalue weighted by Gasteiger charge is -2.17. The Morgan fingerprint density at radius 1 is 1.14 bits per heavy atom. The molecule has 0 aliphatic heterocycles. The second-order valence-electron chi connectivity index (χ2n) is 7.45. The standard InChI is InChI=1S/C22H17ClF3N3O5S/c1-33-19-11-13(6-8-22(24,25)26)16(23)12-18(19)29-17-4-3-15(10-14(17)2-5-21(29)30)35(31,32)28-20-7-9-34-27-20/h2-5,7,9-12H,6,8H2,1H3,(H,27,28). The molecule has 4 aromatic rings. The van der Waals surface area contributed by atoms with Gasteiger partial charge in [0, 0.05) is 29.0 Å². The number of nitrogens with one attached hydrogen (secondary N) is 1. The third kappa shape index (κ3) is 5.28. The number of sulfonamides is 1. The Labute approximate surface area is 201 Å². The van der Waals surface area contributed by atoms with E-state index in [-0.39, 0.29) is 39.2 Å². The maximum Gasteiger partial charge on any atom is 0.389 e. The summed E-state index contributed by atoms with van der Waals surface area (Å²) in [4.78, 5) is 12.7. The van der Waals surface area contributed by atoms with Crippen molar-refractivity contribution in [1.29, 1.82) is 0 Å². The molecule has 0 saturated carbocycles. The maximum absolute atomic E-state index is 12.8. The number of benzene rings is 2. The van der Waals surface area contributed by atoms with Crippen LogP contribution >= 0.6 is 11.6 Å². The summed E-state index contributed by atoms with van der Waals surface area (Å²) in [7, 11) is -2.69. The van der Waals surface area contributed by atoms with Gasteiger partial charge in [-0.15, -0.1) is 0 Å². The van der Waals surface area contributed by atoms with Crippen LogP contribution in [0.2, 0.25) is 5.02 Å². The number of pyridine rings is 1. The molecular formula is C22H17ClF3N3O5S. The van der Waals surface area contributed by atoms with Crippen molar-refractivity contribution in [2.75, 3.05) is 11.8 Å². The van der Waals surface area contributed by atoms with Gasteiger partial charge in [0.1, 0.15) is 12.0 Å². The molecule has 1 N–H and O–H groups in total. The Balaban J connectivity index is 1.80. The van der Waals surface area contributed by atoms with Crippen molar-refractivity contribution in [1.82, 2.24) is 9.72 Å². The molecule has 0 atom stereocenters. The monoisotopic (exact) mass is 527 g/mol. The first-order chi connectivity index (χ1) is 16.5. The lowest BCUT2D eigenvalue weighted by Crippen LogP contribution is -2.19. The summed E-state index contributed by atoms with van der Waals surface area (Å²) in [6.07, 6.45) is -4.57. The molecule has 0 amide bonds. The largest absolute Gasteiger partial charge is 0.495 e. The lowest BCUT2D eigenvalue weighted by atomic mass is 10.1. The topological polar surface area (TPSA) is 103 Å². The van der Waals surface area contributed by atoms with E-state index in [9.17, 15) is 26.4 Å². The Kier molecular flexibility index (Phi) is 6.52. The number of fused-ring (bicyclic) bond motifs is 1. The van der Waals surface area contributed by atoms with E-state index in [0.717, 1.165) is 0 Å². The van der Waals surface area contributed by atoms with Gasteiger partial charge in [-0.3, -0.25) is 14.1 Å². The molecule has 0 spiro atoms. The average Bonchev–Trinajstić information content (AvgIpc) is 3.29. The van der Waals surface area contributed by atoms with E-state index in [1.165, 1.54) is 66.5 Å². The van der Waals surface area contributed by atoms with Gasteiger partial charge in [-0.2, -0.15) is 13.2 Å². The first-order valence-electron chi connectivity index (χ1n) is 10.0. The zero-order chi connectivity index (χ0) is 25.4. The van der Waals surface area contributed by atoms with Gasteiger partial charge in [0.25, 0.3) is 15.6 Å². The van der Waals surface area contributed by atoms with Crippen molar-refractivity contribution in [3.05, 3.63) is 75.7 Å². The number of hydrogen-bond donors (Lipinski definition) is 1. The van der Waals surface area contributed by atoms with Gasteiger partial charge in [0.15, 0.2) is 5.82 Å². The number of alkyl halides is 3. The fraction of sp³-hybridized carbons (Fsp3) is 0.182. The molecule has 2 aromatic heterocycles. The van der Waals surface area contributed by atoms with Crippen LogP contribution in [0.5, 0.6) is 5.75 Å². The quantitative estimate of drug-likeness (QED) is 0.365. The lowest BCUT2D eigenvalue weighted by molar-refractivity contribution is -0.133. The second-order valence-corrected chi connectivity index (χ2v) is 9.54. The smallest absolute Gasteiger partial charge is 0.389 e. The van der Waals surface area contributed by atoms with Crippen molar-refractivity contribution in [3.63, 3.8) is 0 Å². The summed E-state index contributed by atoms with van der Waals surface area (Å²) in [5.41, 5.74) is 0.256. The van der Waals surface area contributed by atoms with Gasteiger partial charge < -0.3 is 9.26 Å². The van der Waals surface area contributed by atoms with Crippen LogP contribution in [0, 0.1) is 0 Å². The Morgan fingerprint density at radius 2 is 1.91 bits per heavy atom. The van der Waals surface area contributed by atoms with E-state index in [2.05, 4.69) is 14.4 Å². The van der Waals surface area contributed by atoms with E-state index in [1.807, 2.05) is 0 Å². The molecule has 0 saturated heterocycles. The number of anilines is 1. The van der Waals surface area contributed by atoms with Gasteiger partial charge in [0.2, 0.25) is 0 Å². The molecule has 0 radical (unpaired) electrons. The zero-order valence-electron chi connectivity index (χ0n) is 18.0. The molecule has 0 bridgehead atoms. The van der Waals surface area contributed by atoms with Crippen LogP contribution < -0.4 is 15.0 Å². The molecule has 4 rings (SSSR count). The van der Waals surface area contributed by atoms with E-state index >= 15 is 0 Å². The molecule has 0 unspecified atom stereocenters. The van der Waals surface area contributed by atoms with Crippen LogP contribution in [0.4, 0.5) is 19.0 Å². The zero-order valence-corrected chi connectivity index (χ0v) is 19.5. The highest BCUT2D eigenvalue weighted by Gasteiger charge is 2.27. The van der Waals surface area contributed by atoms with Crippen LogP contribution in [0.3, 0.4) is 0 Å². The van der Waals surface area contributed by atoms with E-state index in [4.69, 9.17) is 16.3 Å². The summed E-state index contributed by atoms with van der Waals surface area (Å²) in [5.74, 6) is 0.130. The average molecular weight is 528 g/mol. The minimum atomic E-state index is -4.36. The van der Waals surface area contributed by atoms with Crippen LogP contribution in [0.25, 0.3) is 16.6 Å². The van der Waals surface area contributed by atoms with Gasteiger partial charge in [-0.05, 0) is 48.4 Å². The summed E-state index contributed by atoms with van der Waals surface area (Å²) in [5, 5.41) is 3.94. The molecule has 8 nitrogen and oxygen atoms in total. The molecule has 0 aliphatic carbocycles. The van der Waals surface area contributed by atoms with Crippen LogP contribution in [0.15, 0.2) is 69.0 Å². The van der Waals surface area contributed by atoms with Gasteiger partial charge in [-0.25, -0.2) is 8.42 Å².